The molecule has 3 heteroatoms. The van der Waals surface area contributed by atoms with Crippen LogP contribution in [0.5, 0.6) is 0 Å². The molecule has 1 aromatic rings. The van der Waals surface area contributed by atoms with Crippen LogP contribution in [0.1, 0.15) is 24.1 Å². The van der Waals surface area contributed by atoms with Gasteiger partial charge in [0.05, 0.1) is 5.69 Å². The van der Waals surface area contributed by atoms with Crippen LogP contribution in [0.4, 0.5) is 0 Å². The molecule has 0 spiro atoms. The van der Waals surface area contributed by atoms with E-state index in [1.807, 2.05) is 13.0 Å². The first-order valence-electron chi connectivity index (χ1n) is 4.14. The van der Waals surface area contributed by atoms with Gasteiger partial charge in [-0.05, 0) is 25.3 Å². The number of hydrogen-bond acceptors (Lipinski definition) is 3. The second-order valence-electron chi connectivity index (χ2n) is 3.23. The fourth-order valence-corrected chi connectivity index (χ4v) is 1.37. The van der Waals surface area contributed by atoms with Crippen LogP contribution in [0.15, 0.2) is 6.08 Å². The fraction of sp³-hybridized carbons (Fsp3) is 0.444. The molecule has 12 heavy (non-hydrogen) atoms. The summed E-state index contributed by atoms with van der Waals surface area (Å²) < 4.78 is 0. The molecule has 1 unspecified atom stereocenters. The Morgan fingerprint density at radius 2 is 2.25 bits per heavy atom. The molecule has 0 fully saturated rings. The zero-order valence-corrected chi connectivity index (χ0v) is 7.28. The molecule has 0 saturated carbocycles. The summed E-state index contributed by atoms with van der Waals surface area (Å²) in [5, 5.41) is 7.96. The van der Waals surface area contributed by atoms with Crippen molar-refractivity contribution in [2.45, 2.75) is 20.3 Å². The second-order valence-corrected chi connectivity index (χ2v) is 3.23. The molecule has 0 N–H and O–H groups in total. The number of hydrogen-bond donors (Lipinski definition) is 0. The SMILES string of the molecule is Cc1nnc2c(n1)CC(C)C=C2. The summed E-state index contributed by atoms with van der Waals surface area (Å²) in [7, 11) is 0. The summed E-state index contributed by atoms with van der Waals surface area (Å²) >= 11 is 0. The minimum absolute atomic E-state index is 0.577. The highest BCUT2D eigenvalue weighted by Crippen LogP contribution is 2.18. The van der Waals surface area contributed by atoms with E-state index in [0.29, 0.717) is 5.92 Å². The number of aromatic nitrogens is 3. The van der Waals surface area contributed by atoms with Gasteiger partial charge in [-0.2, -0.15) is 0 Å². The van der Waals surface area contributed by atoms with Crippen LogP contribution in [0.3, 0.4) is 0 Å². The van der Waals surface area contributed by atoms with Crippen molar-refractivity contribution in [2.75, 3.05) is 0 Å². The third-order valence-electron chi connectivity index (χ3n) is 1.99. The van der Waals surface area contributed by atoms with E-state index < -0.39 is 0 Å². The fourth-order valence-electron chi connectivity index (χ4n) is 1.37. The Kier molecular flexibility index (Phi) is 1.64. The summed E-state index contributed by atoms with van der Waals surface area (Å²) in [4.78, 5) is 4.34. The van der Waals surface area contributed by atoms with E-state index >= 15 is 0 Å². The molecule has 0 bridgehead atoms. The zero-order valence-electron chi connectivity index (χ0n) is 7.28. The van der Waals surface area contributed by atoms with Crippen molar-refractivity contribution in [3.05, 3.63) is 23.3 Å². The normalized spacial score (nSPS) is 20.7. The molecule has 3 nitrogen and oxygen atoms in total. The second kappa shape index (κ2) is 2.66. The highest BCUT2D eigenvalue weighted by molar-refractivity contribution is 5.49. The molecule has 0 aromatic carbocycles. The van der Waals surface area contributed by atoms with Gasteiger partial charge in [0.2, 0.25) is 0 Å². The molecule has 1 aliphatic carbocycles. The smallest absolute Gasteiger partial charge is 0.148 e. The molecule has 0 radical (unpaired) electrons. The highest BCUT2D eigenvalue weighted by atomic mass is 15.2. The summed E-state index contributed by atoms with van der Waals surface area (Å²) in [6, 6.07) is 0. The minimum Gasteiger partial charge on any atom is -0.234 e. The Morgan fingerprint density at radius 1 is 1.42 bits per heavy atom. The van der Waals surface area contributed by atoms with Crippen molar-refractivity contribution in [3.8, 4) is 0 Å². The summed E-state index contributed by atoms with van der Waals surface area (Å²) in [6.07, 6.45) is 5.14. The van der Waals surface area contributed by atoms with Crippen LogP contribution < -0.4 is 0 Å². The Bertz CT molecular complexity index is 331. The van der Waals surface area contributed by atoms with Crippen LogP contribution in [-0.4, -0.2) is 15.2 Å². The Morgan fingerprint density at radius 3 is 3.08 bits per heavy atom. The quantitative estimate of drug-likeness (QED) is 0.577. The minimum atomic E-state index is 0.577. The van der Waals surface area contributed by atoms with Crippen molar-refractivity contribution in [1.29, 1.82) is 0 Å². The first-order valence-corrected chi connectivity index (χ1v) is 4.14. The lowest BCUT2D eigenvalue weighted by Crippen LogP contribution is -2.09. The van der Waals surface area contributed by atoms with E-state index in [-0.39, 0.29) is 0 Å². The number of allylic oxidation sites excluding steroid dienone is 1. The van der Waals surface area contributed by atoms with Gasteiger partial charge < -0.3 is 0 Å². The highest BCUT2D eigenvalue weighted by Gasteiger charge is 2.12. The average Bonchev–Trinajstić information content (AvgIpc) is 2.03. The van der Waals surface area contributed by atoms with E-state index in [1.54, 1.807) is 0 Å². The Balaban J connectivity index is 2.47. The lowest BCUT2D eigenvalue weighted by atomic mass is 9.98. The van der Waals surface area contributed by atoms with Crippen molar-refractivity contribution < 1.29 is 0 Å². The van der Waals surface area contributed by atoms with Gasteiger partial charge in [-0.25, -0.2) is 4.98 Å². The van der Waals surface area contributed by atoms with E-state index in [2.05, 4.69) is 28.2 Å². The van der Waals surface area contributed by atoms with Gasteiger partial charge in [-0.3, -0.25) is 0 Å². The Hall–Kier alpha value is -1.25. The van der Waals surface area contributed by atoms with E-state index in [0.717, 1.165) is 23.6 Å². The third kappa shape index (κ3) is 1.22. The van der Waals surface area contributed by atoms with Crippen molar-refractivity contribution in [2.24, 2.45) is 5.92 Å². The van der Waals surface area contributed by atoms with E-state index in [1.165, 1.54) is 0 Å². The number of rotatable bonds is 0. The van der Waals surface area contributed by atoms with Crippen LogP contribution >= 0.6 is 0 Å². The number of nitrogens with zero attached hydrogens (tertiary/aromatic N) is 3. The zero-order chi connectivity index (χ0) is 8.55. The van der Waals surface area contributed by atoms with Crippen LogP contribution in [0.25, 0.3) is 6.08 Å². The number of aryl methyl sites for hydroxylation is 1. The maximum atomic E-state index is 4.34. The average molecular weight is 161 g/mol. The first-order chi connectivity index (χ1) is 5.75. The van der Waals surface area contributed by atoms with Gasteiger partial charge in [0, 0.05) is 0 Å². The van der Waals surface area contributed by atoms with E-state index in [9.17, 15) is 0 Å². The van der Waals surface area contributed by atoms with Crippen molar-refractivity contribution in [1.82, 2.24) is 15.2 Å². The molecule has 1 heterocycles. The maximum Gasteiger partial charge on any atom is 0.148 e. The summed E-state index contributed by atoms with van der Waals surface area (Å²) in [6.45, 7) is 4.05. The van der Waals surface area contributed by atoms with Crippen LogP contribution in [0, 0.1) is 12.8 Å². The third-order valence-corrected chi connectivity index (χ3v) is 1.99. The van der Waals surface area contributed by atoms with Crippen LogP contribution in [0.2, 0.25) is 0 Å². The topological polar surface area (TPSA) is 38.7 Å². The van der Waals surface area contributed by atoms with Gasteiger partial charge in [-0.1, -0.05) is 13.0 Å². The monoisotopic (exact) mass is 161 g/mol. The molecular weight excluding hydrogens is 150 g/mol. The molecular formula is C9H11N3. The molecule has 0 amide bonds. The molecule has 62 valence electrons. The maximum absolute atomic E-state index is 4.34. The van der Waals surface area contributed by atoms with Crippen LogP contribution in [-0.2, 0) is 6.42 Å². The Labute approximate surface area is 71.6 Å². The summed E-state index contributed by atoms with van der Waals surface area (Å²) in [5.41, 5.74) is 2.01. The predicted molar refractivity (Wildman–Crippen MR) is 46.5 cm³/mol. The summed E-state index contributed by atoms with van der Waals surface area (Å²) in [5.74, 6) is 1.34. The molecule has 0 aliphatic heterocycles. The van der Waals surface area contributed by atoms with Gasteiger partial charge in [0.15, 0.2) is 0 Å². The van der Waals surface area contributed by atoms with Gasteiger partial charge >= 0.3 is 0 Å². The van der Waals surface area contributed by atoms with Gasteiger partial charge in [0.1, 0.15) is 11.5 Å². The van der Waals surface area contributed by atoms with Crippen molar-refractivity contribution >= 4 is 6.08 Å². The molecule has 1 aliphatic rings. The van der Waals surface area contributed by atoms with Crippen molar-refractivity contribution in [3.63, 3.8) is 0 Å². The number of fused-ring (bicyclic) bond motifs is 1. The van der Waals surface area contributed by atoms with E-state index in [4.69, 9.17) is 0 Å². The lowest BCUT2D eigenvalue weighted by Gasteiger charge is -2.12. The molecule has 1 aromatic heterocycles. The largest absolute Gasteiger partial charge is 0.234 e. The molecule has 2 rings (SSSR count). The first kappa shape index (κ1) is 7.40. The van der Waals surface area contributed by atoms with Gasteiger partial charge in [0.25, 0.3) is 0 Å². The standard InChI is InChI=1S/C9H11N3/c1-6-3-4-8-9(5-6)10-7(2)11-12-8/h3-4,6H,5H2,1-2H3. The van der Waals surface area contributed by atoms with Gasteiger partial charge in [-0.15, -0.1) is 10.2 Å². The molecule has 0 saturated heterocycles. The predicted octanol–water partition coefficient (Wildman–Crippen LogP) is 1.39. The lowest BCUT2D eigenvalue weighted by molar-refractivity contribution is 0.677. The molecule has 1 atom stereocenters.